The highest BCUT2D eigenvalue weighted by Gasteiger charge is 2.12. The molecule has 1 heterocycles. The summed E-state index contributed by atoms with van der Waals surface area (Å²) < 4.78 is 6.20. The molecule has 2 amide bonds. The van der Waals surface area contributed by atoms with Crippen molar-refractivity contribution in [2.24, 2.45) is 0 Å². The Hall–Kier alpha value is -4.05. The molecule has 0 saturated carbocycles. The Kier molecular flexibility index (Phi) is 5.95. The highest BCUT2D eigenvalue weighted by molar-refractivity contribution is 6.03. The highest BCUT2D eigenvalue weighted by atomic mass is 16.6. The van der Waals surface area contributed by atoms with Crippen LogP contribution in [0.2, 0.25) is 0 Å². The maximum atomic E-state index is 12.5. The van der Waals surface area contributed by atoms with Crippen LogP contribution in [-0.4, -0.2) is 40.2 Å². The summed E-state index contributed by atoms with van der Waals surface area (Å²) in [6, 6.07) is 14.0. The number of hydrogen-bond donors (Lipinski definition) is 2. The second kappa shape index (κ2) is 8.76. The van der Waals surface area contributed by atoms with Crippen LogP contribution >= 0.6 is 0 Å². The fourth-order valence-electron chi connectivity index (χ4n) is 2.51. The molecule has 0 bridgehead atoms. The van der Waals surface area contributed by atoms with Crippen molar-refractivity contribution in [2.45, 2.75) is 0 Å². The number of amides is 2. The minimum atomic E-state index is -0.489. The van der Waals surface area contributed by atoms with E-state index in [9.17, 15) is 19.7 Å². The lowest BCUT2D eigenvalue weighted by molar-refractivity contribution is -0.384. The van der Waals surface area contributed by atoms with Gasteiger partial charge in [0.05, 0.1) is 10.6 Å². The van der Waals surface area contributed by atoms with Gasteiger partial charge in [-0.15, -0.1) is 0 Å². The predicted molar refractivity (Wildman–Crippen MR) is 105 cm³/mol. The molecule has 0 atom stereocenters. The van der Waals surface area contributed by atoms with Crippen LogP contribution in [0.5, 0.6) is 0 Å². The Morgan fingerprint density at radius 3 is 2.45 bits per heavy atom. The van der Waals surface area contributed by atoms with Gasteiger partial charge in [-0.3, -0.25) is 19.7 Å². The molecule has 0 unspecified atom stereocenters. The van der Waals surface area contributed by atoms with E-state index in [2.05, 4.69) is 15.7 Å². The predicted octanol–water partition coefficient (Wildman–Crippen LogP) is 2.62. The van der Waals surface area contributed by atoms with Crippen LogP contribution in [-0.2, 0) is 9.53 Å². The van der Waals surface area contributed by atoms with Crippen molar-refractivity contribution < 1.29 is 19.2 Å². The molecular formula is C19H17N5O5. The number of non-ortho nitro benzene ring substituents is 1. The van der Waals surface area contributed by atoms with Gasteiger partial charge in [-0.1, -0.05) is 6.07 Å². The van der Waals surface area contributed by atoms with Crippen LogP contribution in [0.15, 0.2) is 60.8 Å². The molecule has 2 aromatic carbocycles. The number of nitrogens with zero attached hydrogens (tertiary/aromatic N) is 3. The Morgan fingerprint density at radius 2 is 1.79 bits per heavy atom. The van der Waals surface area contributed by atoms with Gasteiger partial charge in [-0.25, -0.2) is 4.68 Å². The van der Waals surface area contributed by atoms with E-state index in [4.69, 9.17) is 4.74 Å². The molecule has 0 saturated heterocycles. The summed E-state index contributed by atoms with van der Waals surface area (Å²) in [4.78, 5) is 34.3. The maximum absolute atomic E-state index is 12.5. The Balaban J connectivity index is 1.69. The lowest BCUT2D eigenvalue weighted by Gasteiger charge is -2.08. The summed E-state index contributed by atoms with van der Waals surface area (Å²) in [7, 11) is 1.42. The molecule has 0 spiro atoms. The number of nitro benzene ring substituents is 1. The van der Waals surface area contributed by atoms with Crippen molar-refractivity contribution >= 4 is 28.9 Å². The van der Waals surface area contributed by atoms with E-state index >= 15 is 0 Å². The summed E-state index contributed by atoms with van der Waals surface area (Å²) >= 11 is 0. The first kappa shape index (κ1) is 19.7. The number of carbonyl (C=O) groups is 2. The van der Waals surface area contributed by atoms with Gasteiger partial charge in [0, 0.05) is 36.8 Å². The molecule has 1 aromatic heterocycles. The van der Waals surface area contributed by atoms with Crippen LogP contribution in [0, 0.1) is 10.1 Å². The zero-order valence-electron chi connectivity index (χ0n) is 15.4. The van der Waals surface area contributed by atoms with Gasteiger partial charge in [0.2, 0.25) is 5.91 Å². The Morgan fingerprint density at radius 1 is 1.10 bits per heavy atom. The summed E-state index contributed by atoms with van der Waals surface area (Å²) in [5, 5.41) is 20.3. The third kappa shape index (κ3) is 5.02. The molecule has 3 aromatic rings. The number of methoxy groups -OCH3 is 1. The van der Waals surface area contributed by atoms with Crippen LogP contribution in [0.3, 0.4) is 0 Å². The molecule has 0 aliphatic carbocycles. The lowest BCUT2D eigenvalue weighted by Crippen LogP contribution is -2.17. The van der Waals surface area contributed by atoms with Crippen molar-refractivity contribution in [3.05, 3.63) is 76.6 Å². The van der Waals surface area contributed by atoms with Gasteiger partial charge in [-0.2, -0.15) is 5.10 Å². The average molecular weight is 395 g/mol. The van der Waals surface area contributed by atoms with E-state index < -0.39 is 10.8 Å². The van der Waals surface area contributed by atoms with E-state index in [1.165, 1.54) is 30.0 Å². The van der Waals surface area contributed by atoms with Gasteiger partial charge in [-0.05, 0) is 36.4 Å². The van der Waals surface area contributed by atoms with Gasteiger partial charge >= 0.3 is 0 Å². The van der Waals surface area contributed by atoms with Crippen molar-refractivity contribution in [2.75, 3.05) is 24.4 Å². The number of hydrogen-bond acceptors (Lipinski definition) is 6. The van der Waals surface area contributed by atoms with E-state index in [-0.39, 0.29) is 23.9 Å². The summed E-state index contributed by atoms with van der Waals surface area (Å²) in [6.45, 7) is -0.0728. The maximum Gasteiger partial charge on any atom is 0.276 e. The Labute approximate surface area is 165 Å². The molecular weight excluding hydrogens is 378 g/mol. The molecule has 0 fully saturated rings. The fourth-order valence-corrected chi connectivity index (χ4v) is 2.51. The van der Waals surface area contributed by atoms with Crippen molar-refractivity contribution in [1.82, 2.24) is 9.78 Å². The average Bonchev–Trinajstić information content (AvgIpc) is 3.19. The van der Waals surface area contributed by atoms with Crippen molar-refractivity contribution in [1.29, 1.82) is 0 Å². The van der Waals surface area contributed by atoms with E-state index in [1.54, 1.807) is 42.6 Å². The van der Waals surface area contributed by atoms with Gasteiger partial charge in [0.25, 0.3) is 11.6 Å². The minimum absolute atomic E-state index is 0.0312. The number of nitrogens with one attached hydrogen (secondary N) is 2. The quantitative estimate of drug-likeness (QED) is 0.467. The van der Waals surface area contributed by atoms with Crippen LogP contribution in [0.1, 0.15) is 10.5 Å². The minimum Gasteiger partial charge on any atom is -0.375 e. The number of anilines is 2. The second-order valence-corrected chi connectivity index (χ2v) is 5.94. The number of benzene rings is 2. The smallest absolute Gasteiger partial charge is 0.276 e. The molecule has 3 rings (SSSR count). The van der Waals surface area contributed by atoms with Gasteiger partial charge < -0.3 is 15.4 Å². The lowest BCUT2D eigenvalue weighted by atomic mass is 10.2. The largest absolute Gasteiger partial charge is 0.375 e. The normalized spacial score (nSPS) is 10.4. The zero-order valence-corrected chi connectivity index (χ0v) is 15.4. The number of rotatable bonds is 7. The summed E-state index contributed by atoms with van der Waals surface area (Å²) in [5.41, 5.74) is 1.71. The first-order valence-corrected chi connectivity index (χ1v) is 8.47. The van der Waals surface area contributed by atoms with E-state index in [0.717, 1.165) is 0 Å². The van der Waals surface area contributed by atoms with Gasteiger partial charge in [0.1, 0.15) is 6.61 Å². The first-order chi connectivity index (χ1) is 14.0. The van der Waals surface area contributed by atoms with Crippen molar-refractivity contribution in [3.8, 4) is 5.69 Å². The number of aromatic nitrogens is 2. The standard InChI is InChI=1S/C19H17N5O5/c1-29-12-18(25)20-13-3-2-4-14(11-13)21-19(26)17-9-10-23(22-17)15-5-7-16(8-6-15)24(27)28/h2-11H,12H2,1H3,(H,20,25)(H,21,26). The summed E-state index contributed by atoms with van der Waals surface area (Å²) in [6.07, 6.45) is 1.58. The topological polar surface area (TPSA) is 128 Å². The van der Waals surface area contributed by atoms with Gasteiger partial charge in [0.15, 0.2) is 5.69 Å². The Bertz CT molecular complexity index is 1050. The van der Waals surface area contributed by atoms with E-state index in [1.807, 2.05) is 0 Å². The molecule has 10 nitrogen and oxygen atoms in total. The van der Waals surface area contributed by atoms with E-state index in [0.29, 0.717) is 17.1 Å². The van der Waals surface area contributed by atoms with Crippen LogP contribution in [0.25, 0.3) is 5.69 Å². The molecule has 0 aliphatic rings. The zero-order chi connectivity index (χ0) is 20.8. The summed E-state index contributed by atoms with van der Waals surface area (Å²) in [5.74, 6) is -0.746. The fraction of sp³-hybridized carbons (Fsp3) is 0.105. The SMILES string of the molecule is COCC(=O)Nc1cccc(NC(=O)c2ccn(-c3ccc([N+](=O)[O-])cc3)n2)c1. The monoisotopic (exact) mass is 395 g/mol. The van der Waals surface area contributed by atoms with Crippen LogP contribution < -0.4 is 10.6 Å². The molecule has 0 aliphatic heterocycles. The number of ether oxygens (including phenoxy) is 1. The molecule has 0 radical (unpaired) electrons. The molecule has 148 valence electrons. The first-order valence-electron chi connectivity index (χ1n) is 8.47. The number of carbonyl (C=O) groups excluding carboxylic acids is 2. The second-order valence-electron chi connectivity index (χ2n) is 5.94. The highest BCUT2D eigenvalue weighted by Crippen LogP contribution is 2.17. The van der Waals surface area contributed by atoms with Crippen LogP contribution in [0.4, 0.5) is 17.1 Å². The third-order valence-electron chi connectivity index (χ3n) is 3.83. The molecule has 10 heteroatoms. The third-order valence-corrected chi connectivity index (χ3v) is 3.83. The molecule has 2 N–H and O–H groups in total. The molecule has 29 heavy (non-hydrogen) atoms. The van der Waals surface area contributed by atoms with Crippen molar-refractivity contribution in [3.63, 3.8) is 0 Å². The number of nitro groups is 1.